The fraction of sp³-hybridized carbons (Fsp3) is 0.250. The van der Waals surface area contributed by atoms with E-state index in [1.807, 2.05) is 31.5 Å². The Labute approximate surface area is 94.6 Å². The van der Waals surface area contributed by atoms with Gasteiger partial charge in [0.1, 0.15) is 11.5 Å². The lowest BCUT2D eigenvalue weighted by Crippen LogP contribution is -2.11. The maximum atomic E-state index is 5.45. The summed E-state index contributed by atoms with van der Waals surface area (Å²) >= 11 is 0. The zero-order valence-corrected chi connectivity index (χ0v) is 9.31. The van der Waals surface area contributed by atoms with Crippen LogP contribution in [0.5, 0.6) is 0 Å². The standard InChI is InChI=1S/C12H15N3O/c1-3-15-9-11(7-14-15)6-13-8-12-5-4-10(2)16-12/h3-5,7,9,13H,1,6,8H2,2H3. The minimum Gasteiger partial charge on any atom is -0.465 e. The highest BCUT2D eigenvalue weighted by atomic mass is 16.3. The summed E-state index contributed by atoms with van der Waals surface area (Å²) in [6, 6.07) is 3.95. The third-order valence-corrected chi connectivity index (χ3v) is 2.27. The molecule has 4 nitrogen and oxygen atoms in total. The average molecular weight is 217 g/mol. The van der Waals surface area contributed by atoms with Gasteiger partial charge in [0, 0.05) is 24.5 Å². The SMILES string of the molecule is C=Cn1cc(CNCc2ccc(C)o2)cn1. The van der Waals surface area contributed by atoms with Crippen LogP contribution >= 0.6 is 0 Å². The number of hydrogen-bond donors (Lipinski definition) is 1. The Morgan fingerprint density at radius 2 is 2.38 bits per heavy atom. The first-order valence-corrected chi connectivity index (χ1v) is 5.19. The molecule has 0 aliphatic heterocycles. The molecular formula is C12H15N3O. The van der Waals surface area contributed by atoms with Gasteiger partial charge in [-0.2, -0.15) is 5.10 Å². The minimum atomic E-state index is 0.729. The molecular weight excluding hydrogens is 202 g/mol. The van der Waals surface area contributed by atoms with Gasteiger partial charge in [0.05, 0.1) is 12.7 Å². The molecule has 4 heteroatoms. The van der Waals surface area contributed by atoms with E-state index in [0.717, 1.165) is 30.2 Å². The Morgan fingerprint density at radius 3 is 3.00 bits per heavy atom. The van der Waals surface area contributed by atoms with Crippen molar-refractivity contribution in [3.63, 3.8) is 0 Å². The molecule has 0 fully saturated rings. The van der Waals surface area contributed by atoms with Crippen molar-refractivity contribution in [1.29, 1.82) is 0 Å². The van der Waals surface area contributed by atoms with Gasteiger partial charge >= 0.3 is 0 Å². The van der Waals surface area contributed by atoms with Crippen molar-refractivity contribution in [3.8, 4) is 0 Å². The smallest absolute Gasteiger partial charge is 0.117 e. The van der Waals surface area contributed by atoms with Crippen molar-refractivity contribution in [2.45, 2.75) is 20.0 Å². The van der Waals surface area contributed by atoms with Crippen LogP contribution in [0.3, 0.4) is 0 Å². The topological polar surface area (TPSA) is 43.0 Å². The summed E-state index contributed by atoms with van der Waals surface area (Å²) in [6.07, 6.45) is 5.43. The van der Waals surface area contributed by atoms with Gasteiger partial charge < -0.3 is 9.73 Å². The van der Waals surface area contributed by atoms with Crippen molar-refractivity contribution in [2.24, 2.45) is 0 Å². The van der Waals surface area contributed by atoms with Gasteiger partial charge in [0.25, 0.3) is 0 Å². The summed E-state index contributed by atoms with van der Waals surface area (Å²) in [7, 11) is 0. The van der Waals surface area contributed by atoms with Gasteiger partial charge in [0.15, 0.2) is 0 Å². The number of hydrogen-bond acceptors (Lipinski definition) is 3. The van der Waals surface area contributed by atoms with Crippen molar-refractivity contribution < 1.29 is 4.42 Å². The molecule has 1 N–H and O–H groups in total. The Kier molecular flexibility index (Phi) is 3.22. The molecule has 0 saturated heterocycles. The van der Waals surface area contributed by atoms with Crippen molar-refractivity contribution in [2.75, 3.05) is 0 Å². The summed E-state index contributed by atoms with van der Waals surface area (Å²) in [5.74, 6) is 1.89. The molecule has 2 aromatic rings. The summed E-state index contributed by atoms with van der Waals surface area (Å²) in [5.41, 5.74) is 1.13. The first-order valence-electron chi connectivity index (χ1n) is 5.19. The molecule has 0 bridgehead atoms. The average Bonchev–Trinajstić information content (AvgIpc) is 2.88. The zero-order valence-electron chi connectivity index (χ0n) is 9.31. The molecule has 0 aromatic carbocycles. The Morgan fingerprint density at radius 1 is 1.50 bits per heavy atom. The van der Waals surface area contributed by atoms with E-state index in [0.29, 0.717) is 0 Å². The van der Waals surface area contributed by atoms with Crippen LogP contribution in [0.2, 0.25) is 0 Å². The Balaban J connectivity index is 1.81. The van der Waals surface area contributed by atoms with Gasteiger partial charge in [-0.15, -0.1) is 0 Å². The van der Waals surface area contributed by atoms with Crippen LogP contribution in [0.1, 0.15) is 17.1 Å². The maximum absolute atomic E-state index is 5.45. The van der Waals surface area contributed by atoms with E-state index in [1.165, 1.54) is 0 Å². The number of aromatic nitrogens is 2. The van der Waals surface area contributed by atoms with E-state index in [1.54, 1.807) is 10.9 Å². The molecule has 84 valence electrons. The number of nitrogens with one attached hydrogen (secondary N) is 1. The van der Waals surface area contributed by atoms with Crippen molar-refractivity contribution in [1.82, 2.24) is 15.1 Å². The molecule has 16 heavy (non-hydrogen) atoms. The summed E-state index contributed by atoms with van der Waals surface area (Å²) in [6.45, 7) is 7.08. The van der Waals surface area contributed by atoms with Crippen LogP contribution in [-0.2, 0) is 13.1 Å². The molecule has 2 aromatic heterocycles. The molecule has 2 rings (SSSR count). The highest BCUT2D eigenvalue weighted by Gasteiger charge is 1.99. The number of nitrogens with zero attached hydrogens (tertiary/aromatic N) is 2. The van der Waals surface area contributed by atoms with E-state index >= 15 is 0 Å². The van der Waals surface area contributed by atoms with E-state index in [4.69, 9.17) is 4.42 Å². The lowest BCUT2D eigenvalue weighted by atomic mass is 10.3. The van der Waals surface area contributed by atoms with E-state index < -0.39 is 0 Å². The van der Waals surface area contributed by atoms with Gasteiger partial charge in [-0.25, -0.2) is 4.68 Å². The van der Waals surface area contributed by atoms with Gasteiger partial charge in [-0.1, -0.05) is 6.58 Å². The molecule has 2 heterocycles. The Hall–Kier alpha value is -1.81. The summed E-state index contributed by atoms with van der Waals surface area (Å²) in [4.78, 5) is 0. The molecule has 0 spiro atoms. The van der Waals surface area contributed by atoms with Crippen molar-refractivity contribution in [3.05, 3.63) is 48.2 Å². The normalized spacial score (nSPS) is 10.6. The summed E-state index contributed by atoms with van der Waals surface area (Å²) in [5, 5.41) is 7.39. The summed E-state index contributed by atoms with van der Waals surface area (Å²) < 4.78 is 7.14. The van der Waals surface area contributed by atoms with Crippen LogP contribution in [-0.4, -0.2) is 9.78 Å². The van der Waals surface area contributed by atoms with E-state index in [2.05, 4.69) is 17.0 Å². The fourth-order valence-corrected chi connectivity index (χ4v) is 1.48. The van der Waals surface area contributed by atoms with Crippen LogP contribution in [0.15, 0.2) is 35.5 Å². The van der Waals surface area contributed by atoms with Crippen LogP contribution < -0.4 is 5.32 Å². The highest BCUT2D eigenvalue weighted by molar-refractivity contribution is 5.17. The third-order valence-electron chi connectivity index (χ3n) is 2.27. The third kappa shape index (κ3) is 2.61. The second-order valence-electron chi connectivity index (χ2n) is 3.63. The van der Waals surface area contributed by atoms with Gasteiger partial charge in [0.2, 0.25) is 0 Å². The zero-order chi connectivity index (χ0) is 11.4. The first kappa shape index (κ1) is 10.7. The van der Waals surface area contributed by atoms with Crippen LogP contribution in [0.25, 0.3) is 6.20 Å². The molecule has 0 aliphatic carbocycles. The number of aryl methyl sites for hydroxylation is 1. The molecule has 0 aliphatic rings. The maximum Gasteiger partial charge on any atom is 0.117 e. The predicted octanol–water partition coefficient (Wildman–Crippen LogP) is 2.17. The fourth-order valence-electron chi connectivity index (χ4n) is 1.48. The first-order chi connectivity index (χ1) is 7.78. The second-order valence-corrected chi connectivity index (χ2v) is 3.63. The van der Waals surface area contributed by atoms with E-state index in [-0.39, 0.29) is 0 Å². The molecule has 0 atom stereocenters. The minimum absolute atomic E-state index is 0.729. The Bertz CT molecular complexity index is 470. The number of rotatable bonds is 5. The van der Waals surface area contributed by atoms with Crippen molar-refractivity contribution >= 4 is 6.20 Å². The molecule has 0 amide bonds. The van der Waals surface area contributed by atoms with E-state index in [9.17, 15) is 0 Å². The monoisotopic (exact) mass is 217 g/mol. The predicted molar refractivity (Wildman–Crippen MR) is 62.6 cm³/mol. The largest absolute Gasteiger partial charge is 0.465 e. The second kappa shape index (κ2) is 4.81. The van der Waals surface area contributed by atoms with Gasteiger partial charge in [-0.3, -0.25) is 0 Å². The molecule has 0 radical (unpaired) electrons. The number of furan rings is 1. The quantitative estimate of drug-likeness (QED) is 0.834. The van der Waals surface area contributed by atoms with Crippen LogP contribution in [0, 0.1) is 6.92 Å². The highest BCUT2D eigenvalue weighted by Crippen LogP contribution is 2.06. The van der Waals surface area contributed by atoms with Gasteiger partial charge in [-0.05, 0) is 19.1 Å². The van der Waals surface area contributed by atoms with Crippen LogP contribution in [0.4, 0.5) is 0 Å². The molecule has 0 saturated carbocycles. The lowest BCUT2D eigenvalue weighted by Gasteiger charge is -1.99. The lowest BCUT2D eigenvalue weighted by molar-refractivity contribution is 0.461. The molecule has 0 unspecified atom stereocenters.